The molecule has 3 atom stereocenters. The summed E-state index contributed by atoms with van der Waals surface area (Å²) in [7, 11) is 0. The van der Waals surface area contributed by atoms with Crippen LogP contribution in [0.15, 0.2) is 0 Å². The molecule has 1 fully saturated rings. The van der Waals surface area contributed by atoms with Crippen molar-refractivity contribution >= 4 is 12.0 Å². The molecule has 0 saturated carbocycles. The first-order chi connectivity index (χ1) is 8.43. The third-order valence-electron chi connectivity index (χ3n) is 3.64. The van der Waals surface area contributed by atoms with Crippen molar-refractivity contribution in [3.05, 3.63) is 0 Å². The number of amides is 2. The maximum absolute atomic E-state index is 12.1. The van der Waals surface area contributed by atoms with Crippen molar-refractivity contribution in [1.29, 1.82) is 0 Å². The van der Waals surface area contributed by atoms with Crippen LogP contribution < -0.4 is 5.32 Å². The maximum Gasteiger partial charge on any atom is 0.317 e. The molecular weight excluding hydrogens is 232 g/mol. The highest BCUT2D eigenvalue weighted by Crippen LogP contribution is 2.22. The molecule has 5 heteroatoms. The summed E-state index contributed by atoms with van der Waals surface area (Å²) in [4.78, 5) is 24.6. The van der Waals surface area contributed by atoms with Gasteiger partial charge in [0.1, 0.15) is 0 Å². The summed E-state index contributed by atoms with van der Waals surface area (Å²) in [5.41, 5.74) is 0. The van der Waals surface area contributed by atoms with E-state index in [1.165, 1.54) is 0 Å². The second-order valence-corrected chi connectivity index (χ2v) is 5.32. The van der Waals surface area contributed by atoms with Crippen molar-refractivity contribution < 1.29 is 14.7 Å². The van der Waals surface area contributed by atoms with Crippen molar-refractivity contribution in [3.63, 3.8) is 0 Å². The third-order valence-corrected chi connectivity index (χ3v) is 3.64. The Bertz CT molecular complexity index is 307. The molecule has 5 nitrogen and oxygen atoms in total. The van der Waals surface area contributed by atoms with E-state index in [0.29, 0.717) is 12.3 Å². The summed E-state index contributed by atoms with van der Waals surface area (Å²) in [5, 5.41) is 11.6. The van der Waals surface area contributed by atoms with Gasteiger partial charge in [-0.1, -0.05) is 13.8 Å². The molecular formula is C13H24N2O3. The fourth-order valence-electron chi connectivity index (χ4n) is 2.47. The fraction of sp³-hybridized carbons (Fsp3) is 0.846. The molecule has 1 aliphatic heterocycles. The Morgan fingerprint density at radius 2 is 2.11 bits per heavy atom. The first-order valence-electron chi connectivity index (χ1n) is 6.73. The zero-order valence-electron chi connectivity index (χ0n) is 11.5. The topological polar surface area (TPSA) is 69.6 Å². The molecule has 0 aromatic heterocycles. The molecule has 1 heterocycles. The lowest BCUT2D eigenvalue weighted by Crippen LogP contribution is -2.51. The summed E-state index contributed by atoms with van der Waals surface area (Å²) in [6, 6.07) is -0.167. The lowest BCUT2D eigenvalue weighted by atomic mass is 9.94. The summed E-state index contributed by atoms with van der Waals surface area (Å²) in [6.07, 6.45) is 2.66. The van der Waals surface area contributed by atoms with Gasteiger partial charge in [0, 0.05) is 18.6 Å². The van der Waals surface area contributed by atoms with Gasteiger partial charge in [-0.25, -0.2) is 4.79 Å². The van der Waals surface area contributed by atoms with Crippen LogP contribution in [0.25, 0.3) is 0 Å². The van der Waals surface area contributed by atoms with Gasteiger partial charge in [0.25, 0.3) is 0 Å². The lowest BCUT2D eigenvalue weighted by Gasteiger charge is -2.37. The summed E-state index contributed by atoms with van der Waals surface area (Å²) in [6.45, 7) is 6.89. The Morgan fingerprint density at radius 1 is 1.44 bits per heavy atom. The fourth-order valence-corrected chi connectivity index (χ4v) is 2.47. The Balaban J connectivity index is 2.50. The number of piperidine rings is 1. The molecule has 0 aromatic carbocycles. The molecule has 18 heavy (non-hydrogen) atoms. The van der Waals surface area contributed by atoms with E-state index >= 15 is 0 Å². The maximum atomic E-state index is 12.1. The molecule has 0 aliphatic carbocycles. The number of carboxylic acid groups (broad SMARTS) is 1. The van der Waals surface area contributed by atoms with E-state index in [4.69, 9.17) is 5.11 Å². The number of nitrogens with zero attached hydrogens (tertiary/aromatic N) is 1. The van der Waals surface area contributed by atoms with Gasteiger partial charge < -0.3 is 15.3 Å². The van der Waals surface area contributed by atoms with E-state index in [9.17, 15) is 9.59 Å². The average molecular weight is 256 g/mol. The number of hydrogen-bond acceptors (Lipinski definition) is 2. The minimum atomic E-state index is -0.873. The predicted octanol–water partition coefficient (Wildman–Crippen LogP) is 2.07. The second-order valence-electron chi connectivity index (χ2n) is 5.32. The molecule has 104 valence electrons. The van der Waals surface area contributed by atoms with Gasteiger partial charge >= 0.3 is 12.0 Å². The molecule has 2 N–H and O–H groups in total. The minimum absolute atomic E-state index is 0.0130. The lowest BCUT2D eigenvalue weighted by molar-refractivity contribution is -0.137. The van der Waals surface area contributed by atoms with Crippen molar-refractivity contribution in [1.82, 2.24) is 10.2 Å². The molecule has 0 radical (unpaired) electrons. The molecule has 2 amide bonds. The number of nitrogens with one attached hydrogen (secondary N) is 1. The highest BCUT2D eigenvalue weighted by atomic mass is 16.4. The van der Waals surface area contributed by atoms with Gasteiger partial charge in [0.2, 0.25) is 0 Å². The van der Waals surface area contributed by atoms with Gasteiger partial charge in [0.15, 0.2) is 0 Å². The molecule has 1 rings (SSSR count). The van der Waals surface area contributed by atoms with E-state index < -0.39 is 5.97 Å². The molecule has 0 spiro atoms. The zero-order chi connectivity index (χ0) is 13.7. The van der Waals surface area contributed by atoms with Crippen molar-refractivity contribution in [2.24, 2.45) is 5.92 Å². The zero-order valence-corrected chi connectivity index (χ0v) is 11.5. The Morgan fingerprint density at radius 3 is 2.61 bits per heavy atom. The molecule has 3 unspecified atom stereocenters. The Kier molecular flexibility index (Phi) is 5.44. The van der Waals surface area contributed by atoms with Crippen LogP contribution in [-0.2, 0) is 4.79 Å². The quantitative estimate of drug-likeness (QED) is 0.809. The molecule has 1 saturated heterocycles. The number of carbonyl (C=O) groups is 2. The number of aliphatic carboxylic acids is 1. The number of urea groups is 1. The normalized spacial score (nSPS) is 25.6. The third kappa shape index (κ3) is 4.20. The summed E-state index contributed by atoms with van der Waals surface area (Å²) in [5.74, 6) is -0.215. The highest BCUT2D eigenvalue weighted by Gasteiger charge is 2.27. The average Bonchev–Trinajstić information content (AvgIpc) is 2.27. The van der Waals surface area contributed by atoms with Crippen LogP contribution in [-0.4, -0.2) is 40.6 Å². The van der Waals surface area contributed by atoms with Gasteiger partial charge in [-0.05, 0) is 32.1 Å². The van der Waals surface area contributed by atoms with Crippen molar-refractivity contribution in [2.45, 2.75) is 58.5 Å². The van der Waals surface area contributed by atoms with Crippen LogP contribution in [0.2, 0.25) is 0 Å². The van der Waals surface area contributed by atoms with E-state index in [1.807, 2.05) is 18.7 Å². The van der Waals surface area contributed by atoms with E-state index in [-0.39, 0.29) is 24.5 Å². The van der Waals surface area contributed by atoms with E-state index in [0.717, 1.165) is 19.4 Å². The van der Waals surface area contributed by atoms with Gasteiger partial charge in [-0.15, -0.1) is 0 Å². The van der Waals surface area contributed by atoms with Crippen LogP contribution in [0.3, 0.4) is 0 Å². The van der Waals surface area contributed by atoms with E-state index in [1.54, 1.807) is 0 Å². The van der Waals surface area contributed by atoms with Crippen LogP contribution in [0.5, 0.6) is 0 Å². The number of likely N-dealkylation sites (tertiary alicyclic amines) is 1. The predicted molar refractivity (Wildman–Crippen MR) is 69.4 cm³/mol. The monoisotopic (exact) mass is 256 g/mol. The van der Waals surface area contributed by atoms with Crippen LogP contribution in [0.4, 0.5) is 4.79 Å². The Hall–Kier alpha value is -1.26. The highest BCUT2D eigenvalue weighted by molar-refractivity contribution is 5.76. The molecule has 0 bridgehead atoms. The van der Waals surface area contributed by atoms with Crippen LogP contribution in [0, 0.1) is 5.92 Å². The number of hydrogen-bond donors (Lipinski definition) is 2. The van der Waals surface area contributed by atoms with E-state index in [2.05, 4.69) is 12.2 Å². The van der Waals surface area contributed by atoms with Crippen LogP contribution >= 0.6 is 0 Å². The van der Waals surface area contributed by atoms with Gasteiger partial charge in [-0.3, -0.25) is 4.79 Å². The SMILES string of the molecule is CCC(CC(=O)O)NC(=O)N1CCC(C)CC1C. The largest absolute Gasteiger partial charge is 0.481 e. The minimum Gasteiger partial charge on any atom is -0.481 e. The molecule has 1 aliphatic rings. The summed E-state index contributed by atoms with van der Waals surface area (Å²) < 4.78 is 0. The first-order valence-corrected chi connectivity index (χ1v) is 6.73. The second kappa shape index (κ2) is 6.61. The number of carboxylic acids is 1. The van der Waals surface area contributed by atoms with Crippen molar-refractivity contribution in [3.8, 4) is 0 Å². The van der Waals surface area contributed by atoms with Crippen molar-refractivity contribution in [2.75, 3.05) is 6.54 Å². The van der Waals surface area contributed by atoms with Crippen LogP contribution in [0.1, 0.15) is 46.5 Å². The number of rotatable bonds is 4. The van der Waals surface area contributed by atoms with Gasteiger partial charge in [0.05, 0.1) is 6.42 Å². The Labute approximate surface area is 109 Å². The molecule has 0 aromatic rings. The standard InChI is InChI=1S/C13H24N2O3/c1-4-11(8-12(16)17)14-13(18)15-6-5-9(2)7-10(15)3/h9-11H,4-8H2,1-3H3,(H,14,18)(H,16,17). The summed E-state index contributed by atoms with van der Waals surface area (Å²) >= 11 is 0. The smallest absolute Gasteiger partial charge is 0.317 e. The number of carbonyl (C=O) groups excluding carboxylic acids is 1. The van der Waals surface area contributed by atoms with Gasteiger partial charge in [-0.2, -0.15) is 0 Å². The first kappa shape index (κ1) is 14.8.